The Bertz CT molecular complexity index is 380. The molecule has 1 fully saturated rings. The molecule has 2 unspecified atom stereocenters. The predicted molar refractivity (Wildman–Crippen MR) is 76.0 cm³/mol. The normalized spacial score (nSPS) is 24.1. The van der Waals surface area contributed by atoms with Crippen LogP contribution in [-0.4, -0.2) is 29.1 Å². The second kappa shape index (κ2) is 6.03. The second-order valence-electron chi connectivity index (χ2n) is 5.34. The summed E-state index contributed by atoms with van der Waals surface area (Å²) in [6.45, 7) is 8.80. The minimum absolute atomic E-state index is 0.572. The van der Waals surface area contributed by atoms with Gasteiger partial charge in [-0.15, -0.1) is 0 Å². The molecule has 1 saturated heterocycles. The number of rotatable bonds is 4. The molecule has 1 aromatic rings. The van der Waals surface area contributed by atoms with Gasteiger partial charge in [0.25, 0.3) is 0 Å². The van der Waals surface area contributed by atoms with Crippen LogP contribution in [0.15, 0.2) is 12.3 Å². The molecule has 0 bridgehead atoms. The number of hydrogen-bond acceptors (Lipinski definition) is 4. The third-order valence-electron chi connectivity index (χ3n) is 3.61. The highest BCUT2D eigenvalue weighted by Crippen LogP contribution is 2.26. The Labute approximate surface area is 110 Å². The lowest BCUT2D eigenvalue weighted by molar-refractivity contribution is 0.376. The predicted octanol–water partition coefficient (Wildman–Crippen LogP) is 2.92. The first-order valence-electron chi connectivity index (χ1n) is 7.04. The van der Waals surface area contributed by atoms with Crippen LogP contribution in [0.25, 0.3) is 0 Å². The van der Waals surface area contributed by atoms with Crippen LogP contribution in [0.1, 0.15) is 40.0 Å². The van der Waals surface area contributed by atoms with E-state index >= 15 is 0 Å². The van der Waals surface area contributed by atoms with Gasteiger partial charge in [0.1, 0.15) is 5.82 Å². The average molecular weight is 248 g/mol. The molecule has 0 spiro atoms. The molecule has 0 saturated carbocycles. The van der Waals surface area contributed by atoms with E-state index in [9.17, 15) is 0 Å². The summed E-state index contributed by atoms with van der Waals surface area (Å²) < 4.78 is 0. The third kappa shape index (κ3) is 3.12. The number of aromatic nitrogens is 2. The van der Waals surface area contributed by atoms with E-state index in [1.807, 2.05) is 12.3 Å². The number of nitrogens with zero attached hydrogens (tertiary/aromatic N) is 3. The highest BCUT2D eigenvalue weighted by atomic mass is 15.2. The van der Waals surface area contributed by atoms with Crippen LogP contribution in [0.3, 0.4) is 0 Å². The minimum atomic E-state index is 0.572. The first-order valence-corrected chi connectivity index (χ1v) is 7.04. The van der Waals surface area contributed by atoms with Crippen LogP contribution in [0.4, 0.5) is 11.8 Å². The maximum atomic E-state index is 4.61. The summed E-state index contributed by atoms with van der Waals surface area (Å²) in [5.74, 6) is 2.64. The molecule has 0 amide bonds. The Morgan fingerprint density at radius 1 is 1.44 bits per heavy atom. The lowest BCUT2D eigenvalue weighted by Gasteiger charge is -2.37. The molecule has 0 radical (unpaired) electrons. The molecule has 1 aromatic heterocycles. The SMILES string of the molecule is CCCNc1nccc(N2CCC(C)CC2C)n1. The van der Waals surface area contributed by atoms with Gasteiger partial charge in [0.2, 0.25) is 5.95 Å². The van der Waals surface area contributed by atoms with Gasteiger partial charge in [0, 0.05) is 25.3 Å². The number of nitrogens with one attached hydrogen (secondary N) is 1. The minimum Gasteiger partial charge on any atom is -0.354 e. The zero-order valence-electron chi connectivity index (χ0n) is 11.7. The van der Waals surface area contributed by atoms with Gasteiger partial charge in [-0.25, -0.2) is 4.98 Å². The van der Waals surface area contributed by atoms with E-state index in [-0.39, 0.29) is 0 Å². The van der Waals surface area contributed by atoms with Crippen LogP contribution < -0.4 is 10.2 Å². The Morgan fingerprint density at radius 3 is 3.00 bits per heavy atom. The molecule has 1 aliphatic heterocycles. The molecule has 0 aliphatic carbocycles. The fourth-order valence-electron chi connectivity index (χ4n) is 2.58. The standard InChI is InChI=1S/C14H24N4/c1-4-7-15-14-16-8-5-13(17-14)18-9-6-11(2)10-12(18)3/h5,8,11-12H,4,6-7,9-10H2,1-3H3,(H,15,16,17). The van der Waals surface area contributed by atoms with Crippen molar-refractivity contribution >= 4 is 11.8 Å². The summed E-state index contributed by atoms with van der Waals surface area (Å²) in [5.41, 5.74) is 0. The van der Waals surface area contributed by atoms with E-state index in [2.05, 4.69) is 41.0 Å². The smallest absolute Gasteiger partial charge is 0.224 e. The lowest BCUT2D eigenvalue weighted by Crippen LogP contribution is -2.40. The van der Waals surface area contributed by atoms with Crippen molar-refractivity contribution in [1.29, 1.82) is 0 Å². The van der Waals surface area contributed by atoms with Crippen molar-refractivity contribution in [2.24, 2.45) is 5.92 Å². The van der Waals surface area contributed by atoms with Gasteiger partial charge >= 0.3 is 0 Å². The first-order chi connectivity index (χ1) is 8.70. The molecule has 1 aliphatic rings. The molecule has 2 heterocycles. The zero-order valence-corrected chi connectivity index (χ0v) is 11.7. The fraction of sp³-hybridized carbons (Fsp3) is 0.714. The molecule has 2 atom stereocenters. The van der Waals surface area contributed by atoms with E-state index in [4.69, 9.17) is 0 Å². The van der Waals surface area contributed by atoms with E-state index in [0.717, 1.165) is 37.2 Å². The topological polar surface area (TPSA) is 41.1 Å². The van der Waals surface area contributed by atoms with Gasteiger partial charge in [0.15, 0.2) is 0 Å². The summed E-state index contributed by atoms with van der Waals surface area (Å²) in [6.07, 6.45) is 5.45. The van der Waals surface area contributed by atoms with Crippen LogP contribution >= 0.6 is 0 Å². The van der Waals surface area contributed by atoms with Crippen molar-refractivity contribution in [3.05, 3.63) is 12.3 Å². The highest BCUT2D eigenvalue weighted by molar-refractivity contribution is 5.43. The van der Waals surface area contributed by atoms with E-state index in [1.54, 1.807) is 0 Å². The molecule has 0 aromatic carbocycles. The van der Waals surface area contributed by atoms with Gasteiger partial charge in [-0.3, -0.25) is 0 Å². The Balaban J connectivity index is 2.07. The van der Waals surface area contributed by atoms with Crippen molar-refractivity contribution in [3.63, 3.8) is 0 Å². The molecule has 4 nitrogen and oxygen atoms in total. The number of anilines is 2. The molecule has 100 valence electrons. The fourth-order valence-corrected chi connectivity index (χ4v) is 2.58. The average Bonchev–Trinajstić information content (AvgIpc) is 2.36. The quantitative estimate of drug-likeness (QED) is 0.889. The van der Waals surface area contributed by atoms with Crippen LogP contribution in [-0.2, 0) is 0 Å². The summed E-state index contributed by atoms with van der Waals surface area (Å²) in [6, 6.07) is 2.59. The van der Waals surface area contributed by atoms with Gasteiger partial charge in [-0.05, 0) is 38.2 Å². The Hall–Kier alpha value is -1.32. The van der Waals surface area contributed by atoms with Gasteiger partial charge in [0.05, 0.1) is 0 Å². The van der Waals surface area contributed by atoms with Crippen LogP contribution in [0.2, 0.25) is 0 Å². The highest BCUT2D eigenvalue weighted by Gasteiger charge is 2.23. The molecule has 2 rings (SSSR count). The molecular weight excluding hydrogens is 224 g/mol. The van der Waals surface area contributed by atoms with Gasteiger partial charge < -0.3 is 10.2 Å². The lowest BCUT2D eigenvalue weighted by atomic mass is 9.93. The van der Waals surface area contributed by atoms with Gasteiger partial charge in [-0.1, -0.05) is 13.8 Å². The first kappa shape index (κ1) is 13.1. The van der Waals surface area contributed by atoms with E-state index in [0.29, 0.717) is 6.04 Å². The maximum Gasteiger partial charge on any atom is 0.224 e. The van der Waals surface area contributed by atoms with Crippen LogP contribution in [0.5, 0.6) is 0 Å². The monoisotopic (exact) mass is 248 g/mol. The summed E-state index contributed by atoms with van der Waals surface area (Å²) in [5, 5.41) is 3.25. The molecule has 1 N–H and O–H groups in total. The Kier molecular flexibility index (Phi) is 4.39. The summed E-state index contributed by atoms with van der Waals surface area (Å²) in [7, 11) is 0. The zero-order chi connectivity index (χ0) is 13.0. The second-order valence-corrected chi connectivity index (χ2v) is 5.34. The molecule has 18 heavy (non-hydrogen) atoms. The van der Waals surface area contributed by atoms with Crippen molar-refractivity contribution in [3.8, 4) is 0 Å². The van der Waals surface area contributed by atoms with Crippen molar-refractivity contribution < 1.29 is 0 Å². The third-order valence-corrected chi connectivity index (χ3v) is 3.61. The van der Waals surface area contributed by atoms with Gasteiger partial charge in [-0.2, -0.15) is 4.98 Å². The van der Waals surface area contributed by atoms with E-state index < -0.39 is 0 Å². The number of piperidine rings is 1. The van der Waals surface area contributed by atoms with Crippen LogP contribution in [0, 0.1) is 5.92 Å². The van der Waals surface area contributed by atoms with Crippen molar-refractivity contribution in [2.45, 2.75) is 46.1 Å². The maximum absolute atomic E-state index is 4.61. The summed E-state index contributed by atoms with van der Waals surface area (Å²) >= 11 is 0. The number of hydrogen-bond donors (Lipinski definition) is 1. The molecule has 4 heteroatoms. The van der Waals surface area contributed by atoms with E-state index in [1.165, 1.54) is 12.8 Å². The van der Waals surface area contributed by atoms with Crippen molar-refractivity contribution in [1.82, 2.24) is 9.97 Å². The Morgan fingerprint density at radius 2 is 2.28 bits per heavy atom. The summed E-state index contributed by atoms with van der Waals surface area (Å²) in [4.78, 5) is 11.3. The largest absolute Gasteiger partial charge is 0.354 e. The molecular formula is C14H24N4. The van der Waals surface area contributed by atoms with Crippen molar-refractivity contribution in [2.75, 3.05) is 23.3 Å².